The first-order valence-corrected chi connectivity index (χ1v) is 7.06. The van der Waals surface area contributed by atoms with Crippen LogP contribution < -0.4 is 15.2 Å². The molecule has 1 aliphatic heterocycles. The predicted octanol–water partition coefficient (Wildman–Crippen LogP) is 1.96. The topological polar surface area (TPSA) is 81.8 Å². The van der Waals surface area contributed by atoms with Crippen LogP contribution in [-0.2, 0) is 17.6 Å². The van der Waals surface area contributed by atoms with Crippen LogP contribution in [0.2, 0.25) is 0 Å². The van der Waals surface area contributed by atoms with Crippen molar-refractivity contribution in [1.82, 2.24) is 0 Å². The number of ether oxygens (including phenoxy) is 2. The van der Waals surface area contributed by atoms with Gasteiger partial charge in [-0.3, -0.25) is 4.79 Å². The maximum absolute atomic E-state index is 10.8. The van der Waals surface area contributed by atoms with Crippen molar-refractivity contribution in [3.63, 3.8) is 0 Å². The fourth-order valence-electron chi connectivity index (χ4n) is 2.42. The van der Waals surface area contributed by atoms with Gasteiger partial charge < -0.3 is 20.3 Å². The summed E-state index contributed by atoms with van der Waals surface area (Å²) >= 11 is 0. The van der Waals surface area contributed by atoms with Gasteiger partial charge in [-0.15, -0.1) is 0 Å². The normalized spacial score (nSPS) is 13.9. The van der Waals surface area contributed by atoms with Crippen LogP contribution in [0, 0.1) is 0 Å². The molecule has 1 atom stereocenters. The largest absolute Gasteiger partial charge is 0.480 e. The van der Waals surface area contributed by atoms with Crippen LogP contribution in [0.25, 0.3) is 0 Å². The first kappa shape index (κ1) is 14.4. The first-order valence-electron chi connectivity index (χ1n) is 7.06. The fourth-order valence-corrected chi connectivity index (χ4v) is 2.42. The second-order valence-corrected chi connectivity index (χ2v) is 5.33. The maximum atomic E-state index is 10.8. The van der Waals surface area contributed by atoms with Gasteiger partial charge in [-0.05, 0) is 41.7 Å². The number of hydrogen-bond donors (Lipinski definition) is 2. The van der Waals surface area contributed by atoms with Crippen LogP contribution in [0.3, 0.4) is 0 Å². The van der Waals surface area contributed by atoms with Crippen LogP contribution >= 0.6 is 0 Å². The summed E-state index contributed by atoms with van der Waals surface area (Å²) in [5, 5.41) is 8.82. The van der Waals surface area contributed by atoms with E-state index in [4.69, 9.17) is 20.3 Å². The molecule has 2 aromatic carbocycles. The van der Waals surface area contributed by atoms with E-state index in [0.29, 0.717) is 6.42 Å². The fraction of sp³-hybridized carbons (Fsp3) is 0.235. The molecule has 0 aliphatic carbocycles. The molecule has 3 N–H and O–H groups in total. The number of nitrogens with two attached hydrogens (primary N) is 1. The standard InChI is InChI=1S/C17H17NO4/c18-14(17(19)20)8-12-3-1-11(2-4-12)7-13-5-6-15-16(9-13)22-10-21-15/h1-6,9,14H,7-8,10,18H2,(H,19,20). The SMILES string of the molecule is NC(Cc1ccc(Cc2ccc3c(c2)OCO3)cc1)C(=O)O. The van der Waals surface area contributed by atoms with Crippen LogP contribution in [0.5, 0.6) is 11.5 Å². The summed E-state index contributed by atoms with van der Waals surface area (Å²) in [5.41, 5.74) is 8.74. The molecule has 114 valence electrons. The molecule has 5 heteroatoms. The van der Waals surface area contributed by atoms with Gasteiger partial charge in [0.05, 0.1) is 0 Å². The number of carbonyl (C=O) groups is 1. The van der Waals surface area contributed by atoms with Crippen LogP contribution in [0.15, 0.2) is 42.5 Å². The molecule has 22 heavy (non-hydrogen) atoms. The average Bonchev–Trinajstić information content (AvgIpc) is 2.96. The Morgan fingerprint density at radius 1 is 1.05 bits per heavy atom. The first-order chi connectivity index (χ1) is 10.6. The van der Waals surface area contributed by atoms with Crippen molar-refractivity contribution >= 4 is 5.97 Å². The quantitative estimate of drug-likeness (QED) is 0.882. The Morgan fingerprint density at radius 3 is 2.41 bits per heavy atom. The van der Waals surface area contributed by atoms with E-state index >= 15 is 0 Å². The smallest absolute Gasteiger partial charge is 0.320 e. The molecule has 0 amide bonds. The second-order valence-electron chi connectivity index (χ2n) is 5.33. The zero-order valence-electron chi connectivity index (χ0n) is 12.0. The maximum Gasteiger partial charge on any atom is 0.320 e. The van der Waals surface area contributed by atoms with Crippen molar-refractivity contribution in [2.24, 2.45) is 5.73 Å². The van der Waals surface area contributed by atoms with E-state index in [-0.39, 0.29) is 6.79 Å². The van der Waals surface area contributed by atoms with Crippen molar-refractivity contribution in [2.45, 2.75) is 18.9 Å². The summed E-state index contributed by atoms with van der Waals surface area (Å²) in [6.45, 7) is 0.275. The molecule has 0 spiro atoms. The van der Waals surface area contributed by atoms with Crippen molar-refractivity contribution in [3.8, 4) is 11.5 Å². The molecule has 0 bridgehead atoms. The molecular formula is C17H17NO4. The highest BCUT2D eigenvalue weighted by Crippen LogP contribution is 2.33. The number of aliphatic carboxylic acids is 1. The highest BCUT2D eigenvalue weighted by atomic mass is 16.7. The Kier molecular flexibility index (Phi) is 3.98. The molecule has 0 radical (unpaired) electrons. The third-order valence-electron chi connectivity index (χ3n) is 3.64. The van der Waals surface area contributed by atoms with E-state index in [0.717, 1.165) is 34.6 Å². The molecule has 5 nitrogen and oxygen atoms in total. The van der Waals surface area contributed by atoms with Gasteiger partial charge in [0.1, 0.15) is 6.04 Å². The highest BCUT2D eigenvalue weighted by Gasteiger charge is 2.14. The number of carboxylic acids is 1. The predicted molar refractivity (Wildman–Crippen MR) is 81.1 cm³/mol. The molecule has 2 aromatic rings. The van der Waals surface area contributed by atoms with Crippen molar-refractivity contribution in [1.29, 1.82) is 0 Å². The number of hydrogen-bond acceptors (Lipinski definition) is 4. The molecule has 0 saturated carbocycles. The minimum absolute atomic E-state index is 0.275. The number of fused-ring (bicyclic) bond motifs is 1. The van der Waals surface area contributed by atoms with Crippen molar-refractivity contribution in [3.05, 3.63) is 59.2 Å². The van der Waals surface area contributed by atoms with E-state index in [9.17, 15) is 4.79 Å². The lowest BCUT2D eigenvalue weighted by Crippen LogP contribution is -2.32. The molecule has 0 saturated heterocycles. The summed E-state index contributed by atoms with van der Waals surface area (Å²) in [7, 11) is 0. The van der Waals surface area contributed by atoms with E-state index in [1.165, 1.54) is 0 Å². The molecule has 0 fully saturated rings. The minimum Gasteiger partial charge on any atom is -0.480 e. The highest BCUT2D eigenvalue weighted by molar-refractivity contribution is 5.73. The third kappa shape index (κ3) is 3.20. The molecule has 1 aliphatic rings. The summed E-state index contributed by atoms with van der Waals surface area (Å²) < 4.78 is 10.7. The van der Waals surface area contributed by atoms with Crippen molar-refractivity contribution < 1.29 is 19.4 Å². The van der Waals surface area contributed by atoms with Gasteiger partial charge >= 0.3 is 5.97 Å². The summed E-state index contributed by atoms with van der Waals surface area (Å²) in [5.74, 6) is 0.577. The number of benzene rings is 2. The zero-order valence-corrected chi connectivity index (χ0v) is 12.0. The van der Waals surface area contributed by atoms with E-state index in [1.54, 1.807) is 0 Å². The monoisotopic (exact) mass is 299 g/mol. The lowest BCUT2D eigenvalue weighted by Gasteiger charge is -2.08. The van der Waals surface area contributed by atoms with Gasteiger partial charge in [0.2, 0.25) is 6.79 Å². The summed E-state index contributed by atoms with van der Waals surface area (Å²) in [6.07, 6.45) is 1.11. The Balaban J connectivity index is 1.67. The van der Waals surface area contributed by atoms with Crippen molar-refractivity contribution in [2.75, 3.05) is 6.79 Å². The van der Waals surface area contributed by atoms with Crippen LogP contribution in [0.4, 0.5) is 0 Å². The van der Waals surface area contributed by atoms with Gasteiger partial charge in [-0.1, -0.05) is 30.3 Å². The molecule has 1 unspecified atom stereocenters. The van der Waals surface area contributed by atoms with Gasteiger partial charge in [0.25, 0.3) is 0 Å². The van der Waals surface area contributed by atoms with Gasteiger partial charge in [0.15, 0.2) is 11.5 Å². The molecule has 1 heterocycles. The lowest BCUT2D eigenvalue weighted by molar-refractivity contribution is -0.138. The Hall–Kier alpha value is -2.53. The number of rotatable bonds is 5. The van der Waals surface area contributed by atoms with Gasteiger partial charge in [-0.2, -0.15) is 0 Å². The van der Waals surface area contributed by atoms with E-state index < -0.39 is 12.0 Å². The summed E-state index contributed by atoms with van der Waals surface area (Å²) in [4.78, 5) is 10.8. The van der Waals surface area contributed by atoms with Gasteiger partial charge in [0, 0.05) is 0 Å². The second kappa shape index (κ2) is 6.07. The molecule has 3 rings (SSSR count). The van der Waals surface area contributed by atoms with Crippen LogP contribution in [-0.4, -0.2) is 23.9 Å². The average molecular weight is 299 g/mol. The number of carboxylic acid groups (broad SMARTS) is 1. The third-order valence-corrected chi connectivity index (χ3v) is 3.64. The molecular weight excluding hydrogens is 282 g/mol. The van der Waals surface area contributed by atoms with Crippen LogP contribution in [0.1, 0.15) is 16.7 Å². The van der Waals surface area contributed by atoms with E-state index in [1.807, 2.05) is 42.5 Å². The van der Waals surface area contributed by atoms with Gasteiger partial charge in [-0.25, -0.2) is 0 Å². The Bertz CT molecular complexity index is 682. The zero-order chi connectivity index (χ0) is 15.5. The Labute approximate surface area is 128 Å². The summed E-state index contributed by atoms with van der Waals surface area (Å²) in [6, 6.07) is 12.9. The lowest BCUT2D eigenvalue weighted by atomic mass is 10.0. The minimum atomic E-state index is -0.982. The molecule has 0 aromatic heterocycles. The Morgan fingerprint density at radius 2 is 1.68 bits per heavy atom. The van der Waals surface area contributed by atoms with E-state index in [2.05, 4.69) is 0 Å².